The van der Waals surface area contributed by atoms with Crippen molar-refractivity contribution in [2.45, 2.75) is 11.8 Å². The number of nitrogens with zero attached hydrogens (tertiary/aromatic N) is 4. The number of oxazole rings is 1. The van der Waals surface area contributed by atoms with Gasteiger partial charge < -0.3 is 9.73 Å². The Hall–Kier alpha value is -3.92. The predicted molar refractivity (Wildman–Crippen MR) is 113 cm³/mol. The summed E-state index contributed by atoms with van der Waals surface area (Å²) in [5.74, 6) is 0.0725. The van der Waals surface area contributed by atoms with Crippen LogP contribution in [0.1, 0.15) is 16.1 Å². The lowest BCUT2D eigenvalue weighted by molar-refractivity contribution is 0.0997. The number of aromatic nitrogens is 4. The minimum atomic E-state index is -3.33. The molecule has 0 aliphatic rings. The predicted octanol–water partition coefficient (Wildman–Crippen LogP) is 3.16. The number of pyridine rings is 1. The van der Waals surface area contributed by atoms with E-state index in [0.29, 0.717) is 17.1 Å². The van der Waals surface area contributed by atoms with Gasteiger partial charge in [0.15, 0.2) is 22.1 Å². The fourth-order valence-corrected chi connectivity index (χ4v) is 3.54. The fraction of sp³-hybridized carbons (Fsp3) is 0.0952. The Bertz CT molecular complexity index is 1360. The number of rotatable bonds is 5. The Morgan fingerprint density at radius 2 is 1.74 bits per heavy atom. The maximum absolute atomic E-state index is 12.8. The third-order valence-corrected chi connectivity index (χ3v) is 5.58. The minimum Gasteiger partial charge on any atom is -0.438 e. The molecule has 0 fully saturated rings. The molecule has 3 heterocycles. The van der Waals surface area contributed by atoms with Gasteiger partial charge in [-0.2, -0.15) is 0 Å². The average molecular weight is 435 g/mol. The van der Waals surface area contributed by atoms with Crippen LogP contribution in [0, 0.1) is 6.92 Å². The number of sulfone groups is 1. The first-order chi connectivity index (χ1) is 14.8. The van der Waals surface area contributed by atoms with Gasteiger partial charge in [-0.1, -0.05) is 18.2 Å². The molecule has 1 aromatic carbocycles. The van der Waals surface area contributed by atoms with E-state index >= 15 is 0 Å². The number of anilines is 1. The number of benzene rings is 1. The first-order valence-electron chi connectivity index (χ1n) is 9.13. The summed E-state index contributed by atoms with van der Waals surface area (Å²) in [5.41, 5.74) is 2.34. The van der Waals surface area contributed by atoms with Gasteiger partial charge in [-0.15, -0.1) is 0 Å². The zero-order valence-electron chi connectivity index (χ0n) is 16.6. The smallest absolute Gasteiger partial charge is 0.294 e. The zero-order valence-corrected chi connectivity index (χ0v) is 17.4. The summed E-state index contributed by atoms with van der Waals surface area (Å²) in [6.07, 6.45) is 5.45. The standard InChI is InChI=1S/C21H17N5O4S/c1-13-4-3-10-22-17(13)20-23-11-9-16(25-20)26-21(27)19-18(24-12-30-19)14-5-7-15(8-6-14)31(2,28)29/h3-12H,1-2H3,(H,23,25,26,27). The Kier molecular flexibility index (Phi) is 5.30. The molecule has 3 aromatic heterocycles. The number of carbonyl (C=O) groups is 1. The molecule has 0 aliphatic carbocycles. The molecule has 0 atom stereocenters. The van der Waals surface area contributed by atoms with E-state index < -0.39 is 15.7 Å². The minimum absolute atomic E-state index is 0.0266. The molecule has 0 unspecified atom stereocenters. The maximum atomic E-state index is 12.8. The molecule has 1 amide bonds. The van der Waals surface area contributed by atoms with Crippen molar-refractivity contribution < 1.29 is 17.6 Å². The third kappa shape index (κ3) is 4.33. The molecule has 0 saturated heterocycles. The van der Waals surface area contributed by atoms with Crippen LogP contribution in [0.25, 0.3) is 22.8 Å². The summed E-state index contributed by atoms with van der Waals surface area (Å²) in [4.78, 5) is 29.9. The van der Waals surface area contributed by atoms with Crippen LogP contribution in [0.4, 0.5) is 5.82 Å². The first kappa shape index (κ1) is 20.4. The summed E-state index contributed by atoms with van der Waals surface area (Å²) in [5, 5.41) is 2.67. The van der Waals surface area contributed by atoms with Crippen LogP contribution in [0.5, 0.6) is 0 Å². The van der Waals surface area contributed by atoms with Crippen molar-refractivity contribution in [2.24, 2.45) is 0 Å². The van der Waals surface area contributed by atoms with Crippen molar-refractivity contribution in [3.63, 3.8) is 0 Å². The highest BCUT2D eigenvalue weighted by Gasteiger charge is 2.20. The molecule has 9 nitrogen and oxygen atoms in total. The molecule has 0 aliphatic heterocycles. The van der Waals surface area contributed by atoms with Crippen LogP contribution >= 0.6 is 0 Å². The third-order valence-electron chi connectivity index (χ3n) is 4.45. The van der Waals surface area contributed by atoms with E-state index in [1.807, 2.05) is 19.1 Å². The molecule has 0 spiro atoms. The summed E-state index contributed by atoms with van der Waals surface area (Å²) >= 11 is 0. The van der Waals surface area contributed by atoms with Crippen molar-refractivity contribution in [3.05, 3.63) is 72.6 Å². The molecule has 0 bridgehead atoms. The van der Waals surface area contributed by atoms with Crippen molar-refractivity contribution >= 4 is 21.6 Å². The summed E-state index contributed by atoms with van der Waals surface area (Å²) in [6.45, 7) is 1.90. The number of hydrogen-bond donors (Lipinski definition) is 1. The largest absolute Gasteiger partial charge is 0.438 e. The van der Waals surface area contributed by atoms with E-state index in [9.17, 15) is 13.2 Å². The van der Waals surface area contributed by atoms with Crippen LogP contribution in [0.15, 0.2) is 70.6 Å². The molecule has 10 heteroatoms. The maximum Gasteiger partial charge on any atom is 0.294 e. The Morgan fingerprint density at radius 3 is 2.45 bits per heavy atom. The van der Waals surface area contributed by atoms with Gasteiger partial charge in [-0.05, 0) is 36.8 Å². The van der Waals surface area contributed by atoms with Gasteiger partial charge in [0.25, 0.3) is 5.91 Å². The Balaban J connectivity index is 1.59. The van der Waals surface area contributed by atoms with Crippen molar-refractivity contribution in [1.29, 1.82) is 0 Å². The lowest BCUT2D eigenvalue weighted by atomic mass is 10.1. The highest BCUT2D eigenvalue weighted by Crippen LogP contribution is 2.25. The molecular formula is C21H17N5O4S. The van der Waals surface area contributed by atoms with Gasteiger partial charge in [0, 0.05) is 24.2 Å². The van der Waals surface area contributed by atoms with E-state index in [4.69, 9.17) is 4.42 Å². The van der Waals surface area contributed by atoms with E-state index in [2.05, 4.69) is 25.3 Å². The number of hydrogen-bond acceptors (Lipinski definition) is 8. The van der Waals surface area contributed by atoms with Crippen molar-refractivity contribution in [1.82, 2.24) is 19.9 Å². The normalized spacial score (nSPS) is 11.3. The highest BCUT2D eigenvalue weighted by atomic mass is 32.2. The second-order valence-electron chi connectivity index (χ2n) is 6.72. The summed E-state index contributed by atoms with van der Waals surface area (Å²) < 4.78 is 28.6. The zero-order chi connectivity index (χ0) is 22.0. The second-order valence-corrected chi connectivity index (χ2v) is 8.73. The first-order valence-corrected chi connectivity index (χ1v) is 11.0. The van der Waals surface area contributed by atoms with Gasteiger partial charge in [0.05, 0.1) is 4.90 Å². The van der Waals surface area contributed by atoms with Gasteiger partial charge in [0.2, 0.25) is 5.76 Å². The number of carbonyl (C=O) groups excluding carboxylic acids is 1. The lowest BCUT2D eigenvalue weighted by Gasteiger charge is -2.07. The molecule has 1 N–H and O–H groups in total. The number of aryl methyl sites for hydroxylation is 1. The number of nitrogens with one attached hydrogen (secondary N) is 1. The molecular weight excluding hydrogens is 418 g/mol. The van der Waals surface area contributed by atoms with Crippen LogP contribution in [0.3, 0.4) is 0 Å². The van der Waals surface area contributed by atoms with E-state index in [-0.39, 0.29) is 22.2 Å². The van der Waals surface area contributed by atoms with Crippen LogP contribution < -0.4 is 5.32 Å². The molecule has 0 radical (unpaired) electrons. The molecule has 156 valence electrons. The van der Waals surface area contributed by atoms with E-state index in [1.54, 1.807) is 24.4 Å². The fourth-order valence-electron chi connectivity index (χ4n) is 2.91. The van der Waals surface area contributed by atoms with Gasteiger partial charge in [0.1, 0.15) is 17.2 Å². The quantitative estimate of drug-likeness (QED) is 0.506. The van der Waals surface area contributed by atoms with Crippen molar-refractivity contribution in [3.8, 4) is 22.8 Å². The molecule has 31 heavy (non-hydrogen) atoms. The van der Waals surface area contributed by atoms with Gasteiger partial charge in [-0.25, -0.2) is 23.4 Å². The number of amides is 1. The van der Waals surface area contributed by atoms with Crippen LogP contribution in [-0.2, 0) is 9.84 Å². The molecule has 4 aromatic rings. The molecule has 0 saturated carbocycles. The monoisotopic (exact) mass is 435 g/mol. The second kappa shape index (κ2) is 8.07. The Morgan fingerprint density at radius 1 is 0.968 bits per heavy atom. The van der Waals surface area contributed by atoms with Gasteiger partial charge in [-0.3, -0.25) is 9.78 Å². The van der Waals surface area contributed by atoms with E-state index in [1.165, 1.54) is 18.3 Å². The van der Waals surface area contributed by atoms with Crippen molar-refractivity contribution in [2.75, 3.05) is 11.6 Å². The van der Waals surface area contributed by atoms with Gasteiger partial charge >= 0.3 is 0 Å². The summed E-state index contributed by atoms with van der Waals surface area (Å²) in [6, 6.07) is 11.3. The van der Waals surface area contributed by atoms with Crippen LogP contribution in [-0.4, -0.2) is 40.5 Å². The van der Waals surface area contributed by atoms with Crippen LogP contribution in [0.2, 0.25) is 0 Å². The Labute approximate surface area is 178 Å². The average Bonchev–Trinajstić information content (AvgIpc) is 3.24. The highest BCUT2D eigenvalue weighted by molar-refractivity contribution is 7.90. The summed E-state index contributed by atoms with van der Waals surface area (Å²) in [7, 11) is -3.33. The SMILES string of the molecule is Cc1cccnc1-c1nccc(NC(=O)c2ocnc2-c2ccc(S(C)(=O)=O)cc2)n1. The van der Waals surface area contributed by atoms with E-state index in [0.717, 1.165) is 18.2 Å². The lowest BCUT2D eigenvalue weighted by Crippen LogP contribution is -2.14. The topological polar surface area (TPSA) is 128 Å². The molecule has 4 rings (SSSR count).